The van der Waals surface area contributed by atoms with Gasteiger partial charge in [-0.15, -0.1) is 0 Å². The van der Waals surface area contributed by atoms with E-state index in [4.69, 9.17) is 15.2 Å². The second-order valence-corrected chi connectivity index (χ2v) is 5.49. The van der Waals surface area contributed by atoms with Crippen molar-refractivity contribution in [2.24, 2.45) is 0 Å². The van der Waals surface area contributed by atoms with E-state index in [0.717, 1.165) is 17.9 Å². The first kappa shape index (κ1) is 15.8. The van der Waals surface area contributed by atoms with Gasteiger partial charge in [-0.25, -0.2) is 0 Å². The number of anilines is 2. The summed E-state index contributed by atoms with van der Waals surface area (Å²) >= 11 is 1.86. The van der Waals surface area contributed by atoms with Crippen LogP contribution in [0.2, 0.25) is 0 Å². The lowest BCUT2D eigenvalue weighted by Crippen LogP contribution is -2.30. The maximum Gasteiger partial charge on any atom is 0.162 e. The third-order valence-electron chi connectivity index (χ3n) is 3.31. The number of nitrogen functional groups attached to an aromatic ring is 1. The molecule has 0 saturated heterocycles. The summed E-state index contributed by atoms with van der Waals surface area (Å²) in [5.41, 5.74) is 7.79. The molecule has 0 aliphatic rings. The average Bonchev–Trinajstić information content (AvgIpc) is 2.43. The van der Waals surface area contributed by atoms with Crippen molar-refractivity contribution >= 4 is 23.1 Å². The first-order valence-corrected chi connectivity index (χ1v) is 7.67. The van der Waals surface area contributed by atoms with E-state index < -0.39 is 0 Å². The van der Waals surface area contributed by atoms with E-state index in [0.29, 0.717) is 23.2 Å². The quantitative estimate of drug-likeness (QED) is 0.780. The summed E-state index contributed by atoms with van der Waals surface area (Å²) in [7, 11) is 5.30. The van der Waals surface area contributed by atoms with E-state index in [9.17, 15) is 0 Å². The summed E-state index contributed by atoms with van der Waals surface area (Å²) in [6.07, 6.45) is 3.24. The highest BCUT2D eigenvalue weighted by atomic mass is 32.2. The molecule has 1 rings (SSSR count). The van der Waals surface area contributed by atoms with Gasteiger partial charge in [0.1, 0.15) is 0 Å². The molecule has 108 valence electrons. The fourth-order valence-electron chi connectivity index (χ4n) is 1.91. The predicted molar refractivity (Wildman–Crippen MR) is 84.8 cm³/mol. The number of thioether (sulfide) groups is 1. The molecule has 5 heteroatoms. The van der Waals surface area contributed by atoms with Gasteiger partial charge in [-0.2, -0.15) is 11.8 Å². The minimum atomic E-state index is 0.424. The molecule has 0 fully saturated rings. The Morgan fingerprint density at radius 2 is 1.84 bits per heavy atom. The van der Waals surface area contributed by atoms with Crippen molar-refractivity contribution in [1.29, 1.82) is 0 Å². The summed E-state index contributed by atoms with van der Waals surface area (Å²) < 4.78 is 10.6. The highest BCUT2D eigenvalue weighted by molar-refractivity contribution is 7.98. The zero-order valence-corrected chi connectivity index (χ0v) is 13.2. The number of nitrogens with two attached hydrogens (primary N) is 1. The van der Waals surface area contributed by atoms with Gasteiger partial charge in [0.25, 0.3) is 0 Å². The zero-order valence-electron chi connectivity index (χ0n) is 12.4. The second kappa shape index (κ2) is 7.38. The third-order valence-corrected chi connectivity index (χ3v) is 3.96. The Hall–Kier alpha value is -1.23. The smallest absolute Gasteiger partial charge is 0.162 e. The summed E-state index contributed by atoms with van der Waals surface area (Å²) in [5.74, 6) is 2.50. The maximum absolute atomic E-state index is 6.11. The lowest BCUT2D eigenvalue weighted by atomic mass is 10.1. The molecule has 0 aromatic heterocycles. The molecule has 0 saturated carbocycles. The van der Waals surface area contributed by atoms with Gasteiger partial charge in [0.2, 0.25) is 0 Å². The van der Waals surface area contributed by atoms with Crippen LogP contribution in [-0.4, -0.2) is 39.3 Å². The maximum atomic E-state index is 6.11. The van der Waals surface area contributed by atoms with Crippen LogP contribution in [0.3, 0.4) is 0 Å². The van der Waals surface area contributed by atoms with Gasteiger partial charge >= 0.3 is 0 Å². The molecule has 0 spiro atoms. The molecule has 0 aliphatic carbocycles. The fraction of sp³-hybridized carbons (Fsp3) is 0.571. The van der Waals surface area contributed by atoms with E-state index in [1.807, 2.05) is 23.9 Å². The van der Waals surface area contributed by atoms with Gasteiger partial charge in [-0.05, 0) is 25.4 Å². The van der Waals surface area contributed by atoms with Crippen molar-refractivity contribution in [1.82, 2.24) is 0 Å². The van der Waals surface area contributed by atoms with Gasteiger partial charge in [0.05, 0.1) is 25.6 Å². The van der Waals surface area contributed by atoms with Crippen LogP contribution in [0.4, 0.5) is 11.4 Å². The minimum absolute atomic E-state index is 0.424. The molecular formula is C14H24N2O2S. The minimum Gasteiger partial charge on any atom is -0.493 e. The molecule has 0 bridgehead atoms. The first-order chi connectivity index (χ1) is 9.04. The molecule has 0 radical (unpaired) electrons. The average molecular weight is 284 g/mol. The van der Waals surface area contributed by atoms with Crippen LogP contribution < -0.4 is 20.1 Å². The van der Waals surface area contributed by atoms with Crippen molar-refractivity contribution in [3.63, 3.8) is 0 Å². The molecule has 0 heterocycles. The SMILES string of the molecule is COc1cc(N)c(N(C)C(C)CCSC)cc1OC. The third kappa shape index (κ3) is 3.86. The van der Waals surface area contributed by atoms with Crippen LogP contribution in [0.25, 0.3) is 0 Å². The molecule has 1 aromatic carbocycles. The summed E-state index contributed by atoms with van der Waals surface area (Å²) in [5, 5.41) is 0. The van der Waals surface area contributed by atoms with Crippen LogP contribution in [0.15, 0.2) is 12.1 Å². The van der Waals surface area contributed by atoms with Crippen LogP contribution in [-0.2, 0) is 0 Å². The van der Waals surface area contributed by atoms with Crippen molar-refractivity contribution < 1.29 is 9.47 Å². The highest BCUT2D eigenvalue weighted by Crippen LogP contribution is 2.37. The Balaban J connectivity index is 2.99. The number of hydrogen-bond donors (Lipinski definition) is 1. The summed E-state index contributed by atoms with van der Waals surface area (Å²) in [6.45, 7) is 2.20. The molecule has 19 heavy (non-hydrogen) atoms. The standard InChI is InChI=1S/C14H24N2O2S/c1-10(6-7-19-5)16(2)12-9-14(18-4)13(17-3)8-11(12)15/h8-10H,6-7,15H2,1-5H3. The van der Waals surface area contributed by atoms with E-state index in [-0.39, 0.29) is 0 Å². The van der Waals surface area contributed by atoms with Crippen molar-refractivity contribution in [2.75, 3.05) is 43.9 Å². The molecule has 0 amide bonds. The monoisotopic (exact) mass is 284 g/mol. The first-order valence-electron chi connectivity index (χ1n) is 6.28. The van der Waals surface area contributed by atoms with Crippen LogP contribution >= 0.6 is 11.8 Å². The van der Waals surface area contributed by atoms with Crippen LogP contribution in [0, 0.1) is 0 Å². The fourth-order valence-corrected chi connectivity index (χ4v) is 2.49. The number of benzene rings is 1. The summed E-state index contributed by atoms with van der Waals surface area (Å²) in [6, 6.07) is 4.17. The van der Waals surface area contributed by atoms with E-state index >= 15 is 0 Å². The number of methoxy groups -OCH3 is 2. The molecule has 4 nitrogen and oxygen atoms in total. The van der Waals surface area contributed by atoms with E-state index in [1.54, 1.807) is 14.2 Å². The predicted octanol–water partition coefficient (Wildman–Crippen LogP) is 2.86. The zero-order chi connectivity index (χ0) is 14.4. The number of hydrogen-bond acceptors (Lipinski definition) is 5. The van der Waals surface area contributed by atoms with Gasteiger partial charge in [0.15, 0.2) is 11.5 Å². The molecule has 2 N–H and O–H groups in total. The van der Waals surface area contributed by atoms with Crippen molar-refractivity contribution in [3.05, 3.63) is 12.1 Å². The van der Waals surface area contributed by atoms with E-state index in [2.05, 4.69) is 25.1 Å². The largest absolute Gasteiger partial charge is 0.493 e. The van der Waals surface area contributed by atoms with Crippen molar-refractivity contribution in [3.8, 4) is 11.5 Å². The Morgan fingerprint density at radius 1 is 1.26 bits per heavy atom. The summed E-state index contributed by atoms with van der Waals surface area (Å²) in [4.78, 5) is 2.19. The topological polar surface area (TPSA) is 47.7 Å². The molecule has 1 aromatic rings. The van der Waals surface area contributed by atoms with E-state index in [1.165, 1.54) is 0 Å². The van der Waals surface area contributed by atoms with Crippen molar-refractivity contribution in [2.45, 2.75) is 19.4 Å². The molecule has 1 atom stereocenters. The van der Waals surface area contributed by atoms with Gasteiger partial charge in [-0.3, -0.25) is 0 Å². The lowest BCUT2D eigenvalue weighted by molar-refractivity contribution is 0.355. The Kier molecular flexibility index (Phi) is 6.15. The second-order valence-electron chi connectivity index (χ2n) is 4.51. The lowest BCUT2D eigenvalue weighted by Gasteiger charge is -2.28. The number of rotatable bonds is 7. The number of ether oxygens (including phenoxy) is 2. The Morgan fingerprint density at radius 3 is 2.37 bits per heavy atom. The van der Waals surface area contributed by atoms with Crippen LogP contribution in [0.1, 0.15) is 13.3 Å². The van der Waals surface area contributed by atoms with Gasteiger partial charge in [-0.1, -0.05) is 0 Å². The Labute approximate surface area is 120 Å². The normalized spacial score (nSPS) is 12.1. The molecular weight excluding hydrogens is 260 g/mol. The molecule has 1 unspecified atom stereocenters. The van der Waals surface area contributed by atoms with Crippen LogP contribution in [0.5, 0.6) is 11.5 Å². The van der Waals surface area contributed by atoms with Gasteiger partial charge in [0, 0.05) is 25.2 Å². The molecule has 0 aliphatic heterocycles. The highest BCUT2D eigenvalue weighted by Gasteiger charge is 2.16. The van der Waals surface area contributed by atoms with Gasteiger partial charge < -0.3 is 20.1 Å². The number of nitrogens with zero attached hydrogens (tertiary/aromatic N) is 1. The Bertz CT molecular complexity index is 413.